The van der Waals surface area contributed by atoms with Crippen molar-refractivity contribution in [3.05, 3.63) is 105 Å². The molecule has 4 atom stereocenters. The summed E-state index contributed by atoms with van der Waals surface area (Å²) in [5, 5.41) is 29.3. The molecule has 9 N–H and O–H groups in total. The van der Waals surface area contributed by atoms with Gasteiger partial charge in [0.2, 0.25) is 23.2 Å². The third kappa shape index (κ3) is 12.1. The number of benzene rings is 3. The predicted octanol–water partition coefficient (Wildman–Crippen LogP) is 7.77. The molecule has 83 heavy (non-hydrogen) atoms. The van der Waals surface area contributed by atoms with Crippen LogP contribution in [0.1, 0.15) is 133 Å². The number of rotatable bonds is 20. The van der Waals surface area contributed by atoms with Crippen LogP contribution in [0.15, 0.2) is 41.2 Å². The highest BCUT2D eigenvalue weighted by molar-refractivity contribution is 7.46. The molecule has 4 aliphatic heterocycles. The summed E-state index contributed by atoms with van der Waals surface area (Å²) in [7, 11) is -3.29. The number of imidazole rings is 1. The lowest BCUT2D eigenvalue weighted by Crippen LogP contribution is -2.49. The summed E-state index contributed by atoms with van der Waals surface area (Å²) in [4.78, 5) is 74.1. The Kier molecular flexibility index (Phi) is 18.0. The number of anilines is 3. The Hall–Kier alpha value is -5.55. The number of carbonyl (C=O) groups is 2. The van der Waals surface area contributed by atoms with Crippen molar-refractivity contribution in [3.63, 3.8) is 0 Å². The monoisotopic (exact) mass is 1240 g/mol. The zero-order chi connectivity index (χ0) is 60.4. The number of aromatic nitrogens is 4. The van der Waals surface area contributed by atoms with Gasteiger partial charge < -0.3 is 55.6 Å². The number of nitrogens with one attached hydrogen (secondary N) is 3. The van der Waals surface area contributed by atoms with E-state index in [0.29, 0.717) is 65.8 Å². The van der Waals surface area contributed by atoms with Gasteiger partial charge in [-0.3, -0.25) is 28.5 Å². The first-order valence-corrected chi connectivity index (χ1v) is 30.6. The Morgan fingerprint density at radius 3 is 2.27 bits per heavy atom. The summed E-state index contributed by atoms with van der Waals surface area (Å²) in [5.74, 6) is 0.296. The molecule has 0 radical (unpaired) electrons. The standard InChI is InChI=1S/C57H69Cl4N10O11P/c1-10-69-34-23-36-32(21-30(34)28(3)25-56(69,5)6)40(33-22-31-29(4)26-57(7,8)70(11-2)35(31)24-37(33)81-36)41-42(44(59)46(61)45(60)43(41)58)52(76)68(9)20-16-17-39(72)63-18-14-12-13-15-19-64-55-65-47-50(66-54(62)67-51(47)75)71(55)53-49(74)48(73)38(82-53)27-80-83(77,78)79/h21-26,38,48-49,53,73-74H,10-20,27H2,1-9H3,(H6,62,63,67,72,75,76,77,78,79)/p+1/t38-,48-,49-,53-/m1/s1. The second-order valence-electron chi connectivity index (χ2n) is 22.4. The first-order valence-electron chi connectivity index (χ1n) is 27.6. The summed E-state index contributed by atoms with van der Waals surface area (Å²) < 4.78 is 32.2. The van der Waals surface area contributed by atoms with Crippen LogP contribution in [0.5, 0.6) is 11.5 Å². The number of allylic oxidation sites excluding steroid dienone is 2. The van der Waals surface area contributed by atoms with Gasteiger partial charge in [0, 0.05) is 98.3 Å². The van der Waals surface area contributed by atoms with Crippen LogP contribution in [0.25, 0.3) is 27.9 Å². The van der Waals surface area contributed by atoms with Crippen molar-refractivity contribution in [2.45, 2.75) is 130 Å². The van der Waals surface area contributed by atoms with Crippen LogP contribution in [0.3, 0.4) is 0 Å². The molecule has 5 aromatic rings. The zero-order valence-corrected chi connectivity index (χ0v) is 51.5. The molecule has 1 fully saturated rings. The number of fused-ring (bicyclic) bond motifs is 5. The van der Waals surface area contributed by atoms with Gasteiger partial charge in [-0.15, -0.1) is 0 Å². The van der Waals surface area contributed by atoms with Crippen molar-refractivity contribution < 1.29 is 48.2 Å². The fourth-order valence-electron chi connectivity index (χ4n) is 12.0. The number of nitrogens with zero attached hydrogens (tertiary/aromatic N) is 6. The molecule has 1 saturated heterocycles. The lowest BCUT2D eigenvalue weighted by atomic mass is 9.83. The Morgan fingerprint density at radius 2 is 1.58 bits per heavy atom. The van der Waals surface area contributed by atoms with Crippen LogP contribution < -0.4 is 46.7 Å². The van der Waals surface area contributed by atoms with Gasteiger partial charge in [-0.1, -0.05) is 65.3 Å². The van der Waals surface area contributed by atoms with E-state index in [9.17, 15) is 24.4 Å². The molecule has 0 bridgehead atoms. The fraction of sp³-hybridized carbons (Fsp3) is 0.474. The minimum Gasteiger partial charge on any atom is -0.456 e. The largest absolute Gasteiger partial charge is 0.469 e. The van der Waals surface area contributed by atoms with Crippen molar-refractivity contribution in [1.29, 1.82) is 0 Å². The molecule has 21 nitrogen and oxygen atoms in total. The smallest absolute Gasteiger partial charge is 0.456 e. The number of aliphatic hydroxyl groups is 2. The number of nitrogens with two attached hydrogens (primary N) is 1. The lowest BCUT2D eigenvalue weighted by molar-refractivity contribution is -0.121. The fourth-order valence-corrected chi connectivity index (χ4v) is 13.4. The number of H-pyrrole nitrogens is 1. The van der Waals surface area contributed by atoms with Crippen LogP contribution in [0, 0.1) is 0 Å². The number of nitrogen functional groups attached to an aromatic ring is 1. The molecular formula is C57H70Cl4N10O11P+. The number of likely N-dealkylation sites (N-methyl/N-ethyl adjacent to an activating group) is 2. The number of unbranched alkanes of at least 4 members (excludes halogenated alkanes) is 3. The average Bonchev–Trinajstić information content (AvgIpc) is 1.82. The third-order valence-electron chi connectivity index (χ3n) is 15.8. The van der Waals surface area contributed by atoms with Crippen LogP contribution >= 0.6 is 54.2 Å². The molecule has 0 saturated carbocycles. The van der Waals surface area contributed by atoms with E-state index in [4.69, 9.17) is 71.4 Å². The van der Waals surface area contributed by atoms with E-state index in [-0.39, 0.29) is 78.7 Å². The first kappa shape index (κ1) is 62.0. The molecule has 2 aromatic heterocycles. The van der Waals surface area contributed by atoms with Gasteiger partial charge in [-0.2, -0.15) is 4.98 Å². The summed E-state index contributed by atoms with van der Waals surface area (Å²) in [5.41, 5.74) is 11.2. The topological polar surface area (TPSA) is 283 Å². The van der Waals surface area contributed by atoms with Crippen molar-refractivity contribution in [1.82, 2.24) is 34.3 Å². The number of ether oxygens (including phenoxy) is 2. The Bertz CT molecular complexity index is 3770. The summed E-state index contributed by atoms with van der Waals surface area (Å²) in [6.45, 7) is 18.9. The highest BCUT2D eigenvalue weighted by atomic mass is 35.5. The third-order valence-corrected chi connectivity index (χ3v) is 18.1. The van der Waals surface area contributed by atoms with Gasteiger partial charge >= 0.3 is 7.82 Å². The quantitative estimate of drug-likeness (QED) is 0.0119. The van der Waals surface area contributed by atoms with E-state index in [1.54, 1.807) is 7.05 Å². The minimum absolute atomic E-state index is 0.00425. The van der Waals surface area contributed by atoms with Crippen LogP contribution in [-0.2, 0) is 18.6 Å². The predicted molar refractivity (Wildman–Crippen MR) is 323 cm³/mol. The number of aliphatic hydroxyl groups excluding tert-OH is 2. The van der Waals surface area contributed by atoms with Gasteiger partial charge in [0.15, 0.2) is 22.9 Å². The molecule has 9 rings (SSSR count). The van der Waals surface area contributed by atoms with Gasteiger partial charge in [0.1, 0.15) is 36.4 Å². The number of hydrogen-bond donors (Lipinski definition) is 8. The molecule has 2 amide bonds. The number of phosphoric acid groups is 1. The molecule has 4 aliphatic rings. The Labute approximate surface area is 500 Å². The Balaban J connectivity index is 0.880. The van der Waals surface area contributed by atoms with E-state index in [1.807, 2.05) is 0 Å². The summed E-state index contributed by atoms with van der Waals surface area (Å²) in [6.07, 6.45) is 1.70. The molecule has 26 heteroatoms. The highest BCUT2D eigenvalue weighted by Gasteiger charge is 2.47. The van der Waals surface area contributed by atoms with Crippen LogP contribution in [0.4, 0.5) is 17.6 Å². The minimum atomic E-state index is -4.93. The number of halogens is 4. The second kappa shape index (κ2) is 24.1. The zero-order valence-electron chi connectivity index (χ0n) is 47.6. The SMILES string of the molecule is CCN1c2cc3c(cc2C(C)=CC1(C)C)C(c1c(Cl)c(Cl)c(Cl)c(Cl)c1C(=O)N(C)CCCC(=O)NCCCCCCNc1nc2c(=O)[nH]c(N)nc2n1[C@@H]1O[C@H](COP(=O)(O)O)[C@@H](O)[C@H]1O)=c1cc2c(cc1O3)=[N+](CC)C(C)(C)C=C2C. The summed E-state index contributed by atoms with van der Waals surface area (Å²) >= 11 is 28.4. The van der Waals surface area contributed by atoms with E-state index >= 15 is 4.79 Å². The number of hydrogen-bond acceptors (Lipinski definition) is 14. The van der Waals surface area contributed by atoms with Crippen molar-refractivity contribution in [2.75, 3.05) is 62.3 Å². The maximum Gasteiger partial charge on any atom is 0.469 e. The molecule has 6 heterocycles. The number of aromatic amines is 1. The molecule has 0 unspecified atom stereocenters. The average molecular weight is 1240 g/mol. The Morgan fingerprint density at radius 1 is 0.892 bits per heavy atom. The molecule has 0 aliphatic carbocycles. The second-order valence-corrected chi connectivity index (χ2v) is 25.2. The normalized spacial score (nSPS) is 19.6. The number of phosphoric ester groups is 1. The van der Waals surface area contributed by atoms with Gasteiger partial charge in [0.05, 0.1) is 43.9 Å². The van der Waals surface area contributed by atoms with E-state index in [0.717, 1.165) is 59.2 Å². The van der Waals surface area contributed by atoms with Crippen LogP contribution in [0.2, 0.25) is 20.1 Å². The van der Waals surface area contributed by atoms with Gasteiger partial charge in [-0.25, -0.2) is 14.1 Å². The van der Waals surface area contributed by atoms with E-state index in [2.05, 4.69) is 131 Å². The lowest BCUT2D eigenvalue weighted by Gasteiger charge is -2.43. The van der Waals surface area contributed by atoms with Crippen LogP contribution in [-0.4, -0.2) is 132 Å². The van der Waals surface area contributed by atoms with Gasteiger partial charge in [0.25, 0.3) is 11.5 Å². The molecule has 3 aromatic carbocycles. The van der Waals surface area contributed by atoms with Crippen molar-refractivity contribution >= 4 is 112 Å². The van der Waals surface area contributed by atoms with E-state index < -0.39 is 50.4 Å². The van der Waals surface area contributed by atoms with Crippen molar-refractivity contribution in [2.24, 2.45) is 0 Å². The molecule has 0 spiro atoms. The maximum atomic E-state index is 15.1. The van der Waals surface area contributed by atoms with Gasteiger partial charge in [-0.05, 0) is 90.2 Å². The number of amides is 2. The maximum absolute atomic E-state index is 15.1. The highest BCUT2D eigenvalue weighted by Crippen LogP contribution is 2.51. The molecular weight excluding hydrogens is 1170 g/mol. The first-order chi connectivity index (χ1) is 39.1. The summed E-state index contributed by atoms with van der Waals surface area (Å²) in [6, 6.07) is 8.34. The van der Waals surface area contributed by atoms with E-state index in [1.165, 1.54) is 9.47 Å². The van der Waals surface area contributed by atoms with Crippen molar-refractivity contribution in [3.8, 4) is 11.5 Å². The molecule has 446 valence electrons. The number of carbonyl (C=O) groups excluding carboxylic acids is 2.